The summed E-state index contributed by atoms with van der Waals surface area (Å²) in [5.74, 6) is -5.52. The number of anilines is 1. The zero-order valence-electron chi connectivity index (χ0n) is 28.5. The number of oxime groups is 1. The molecular formula is C32H36ClN6NaO9S2. The number of rotatable bonds is 14. The monoisotopic (exact) mass is 770 g/mol. The van der Waals surface area contributed by atoms with Crippen molar-refractivity contribution in [3.8, 4) is 5.75 Å². The SMILES string of the molecule is Cc1ccc(C(=O)NCC[N+]2(CC3=C(C(=O)[O-])N4C(=O)[C@@H](CC(=O)/C(=N\OC(C)(C)C(=O)[O-])c5csc(N)n5)[C@H]4SC3)CCCC2)c(Cl)c1O.[Na+]. The van der Waals surface area contributed by atoms with Gasteiger partial charge in [0.05, 0.1) is 65.7 Å². The van der Waals surface area contributed by atoms with Gasteiger partial charge in [-0.25, -0.2) is 4.98 Å². The number of nitrogen functional groups attached to an aromatic ring is 1. The summed E-state index contributed by atoms with van der Waals surface area (Å²) in [7, 11) is 0. The number of β-lactam (4-membered cyclic amide) rings is 1. The Labute approximate surface area is 329 Å². The smallest absolute Gasteiger partial charge is 0.546 e. The minimum Gasteiger partial charge on any atom is -0.546 e. The maximum atomic E-state index is 13.5. The molecular weight excluding hydrogens is 735 g/mol. The largest absolute Gasteiger partial charge is 1.00 e. The van der Waals surface area contributed by atoms with E-state index in [1.54, 1.807) is 19.1 Å². The number of fused-ring (bicyclic) bond motifs is 1. The van der Waals surface area contributed by atoms with Crippen molar-refractivity contribution in [3.63, 3.8) is 0 Å². The summed E-state index contributed by atoms with van der Waals surface area (Å²) in [5, 5.41) is 41.6. The van der Waals surface area contributed by atoms with Crippen molar-refractivity contribution in [3.05, 3.63) is 50.6 Å². The number of thiazole rings is 1. The Morgan fingerprint density at radius 1 is 1.24 bits per heavy atom. The summed E-state index contributed by atoms with van der Waals surface area (Å²) >= 11 is 8.55. The van der Waals surface area contributed by atoms with E-state index in [0.29, 0.717) is 28.7 Å². The number of nitrogens with one attached hydrogen (secondary N) is 1. The second-order valence-electron chi connectivity index (χ2n) is 13.0. The van der Waals surface area contributed by atoms with Crippen molar-refractivity contribution in [1.29, 1.82) is 0 Å². The van der Waals surface area contributed by atoms with Gasteiger partial charge in [-0.1, -0.05) is 22.8 Å². The van der Waals surface area contributed by atoms with Crippen LogP contribution in [0.5, 0.6) is 5.75 Å². The quantitative estimate of drug-likeness (QED) is 0.0582. The van der Waals surface area contributed by atoms with Crippen molar-refractivity contribution < 1.29 is 78.2 Å². The molecule has 19 heteroatoms. The fraction of sp³-hybridized carbons (Fsp3) is 0.469. The third kappa shape index (κ3) is 8.56. The average molecular weight is 771 g/mol. The van der Waals surface area contributed by atoms with E-state index in [0.717, 1.165) is 37.3 Å². The number of hydrogen-bond acceptors (Lipinski definition) is 14. The number of carboxylic acid groups (broad SMARTS) is 2. The van der Waals surface area contributed by atoms with Crippen LogP contribution in [0.1, 0.15) is 54.7 Å². The van der Waals surface area contributed by atoms with Gasteiger partial charge in [-0.05, 0) is 32.4 Å². The number of aryl methyl sites for hydroxylation is 1. The summed E-state index contributed by atoms with van der Waals surface area (Å²) in [6.45, 7) is 6.62. The molecule has 1 aromatic heterocycles. The number of aromatic hydroxyl groups is 1. The van der Waals surface area contributed by atoms with Gasteiger partial charge in [-0.2, -0.15) is 0 Å². The van der Waals surface area contributed by atoms with Gasteiger partial charge in [0.2, 0.25) is 5.91 Å². The molecule has 0 spiro atoms. The Morgan fingerprint density at radius 3 is 2.53 bits per heavy atom. The zero-order chi connectivity index (χ0) is 36.5. The van der Waals surface area contributed by atoms with Gasteiger partial charge in [0.25, 0.3) is 5.91 Å². The number of amides is 2. The molecule has 0 radical (unpaired) electrons. The Balaban J connectivity index is 0.00000583. The summed E-state index contributed by atoms with van der Waals surface area (Å²) in [6.07, 6.45) is 1.44. The second kappa shape index (κ2) is 16.2. The standard InChI is InChI=1S/C32H37ClN6O9S2.Na/c1-16-6-7-18(22(33)25(16)41)26(42)35-8-11-39(9-4-5-10-39)13-17-14-49-28-19(27(43)38(28)24(17)29(44)45)12-21(40)23(20-15-50-31(34)36-20)37-48-32(2,3)30(46)47;/h6-7,15,19,28H,4-5,8-14H2,1-3H3,(H5-,34,35,36,41,42,44,45,46,47);/q;+1/p-1/b37-23-;/t19-,28-;/m1./s1. The number of benzene rings is 1. The zero-order valence-corrected chi connectivity index (χ0v) is 32.9. The van der Waals surface area contributed by atoms with Crippen molar-refractivity contribution in [2.75, 3.05) is 44.2 Å². The minimum atomic E-state index is -1.88. The van der Waals surface area contributed by atoms with Crippen molar-refractivity contribution in [1.82, 2.24) is 15.2 Å². The van der Waals surface area contributed by atoms with Crippen LogP contribution in [-0.2, 0) is 24.0 Å². The first-order chi connectivity index (χ1) is 23.5. The van der Waals surface area contributed by atoms with Crippen LogP contribution in [0.4, 0.5) is 5.13 Å². The van der Waals surface area contributed by atoms with E-state index < -0.39 is 46.4 Å². The molecule has 51 heavy (non-hydrogen) atoms. The number of carbonyl (C=O) groups is 5. The summed E-state index contributed by atoms with van der Waals surface area (Å²) in [6, 6.07) is 3.14. The molecule has 3 aliphatic heterocycles. The molecule has 0 bridgehead atoms. The topological polar surface area (TPSA) is 227 Å². The molecule has 1 aromatic carbocycles. The maximum Gasteiger partial charge on any atom is 1.00 e. The Kier molecular flexibility index (Phi) is 12.9. The molecule has 2 fully saturated rings. The summed E-state index contributed by atoms with van der Waals surface area (Å²) in [5.41, 5.74) is 4.58. The number of carboxylic acids is 2. The fourth-order valence-corrected chi connectivity index (χ4v) is 8.52. The molecule has 2 atom stereocenters. The molecule has 2 aromatic rings. The van der Waals surface area contributed by atoms with Crippen LogP contribution >= 0.6 is 34.7 Å². The number of phenolic OH excluding ortho intramolecular Hbond substituents is 1. The molecule has 2 amide bonds. The number of nitrogens with two attached hydrogens (primary N) is 1. The molecule has 0 unspecified atom stereocenters. The van der Waals surface area contributed by atoms with Crippen LogP contribution in [0, 0.1) is 12.8 Å². The van der Waals surface area contributed by atoms with E-state index in [-0.39, 0.29) is 86.8 Å². The second-order valence-corrected chi connectivity index (χ2v) is 15.4. The first-order valence-electron chi connectivity index (χ1n) is 15.8. The number of thioether (sulfide) groups is 1. The third-order valence-corrected chi connectivity index (χ3v) is 11.6. The Morgan fingerprint density at radius 2 is 1.92 bits per heavy atom. The van der Waals surface area contributed by atoms with Crippen LogP contribution in [-0.4, -0.2) is 104 Å². The first-order valence-corrected chi connectivity index (χ1v) is 18.1. The van der Waals surface area contributed by atoms with E-state index in [2.05, 4.69) is 15.5 Å². The van der Waals surface area contributed by atoms with Gasteiger partial charge in [0.1, 0.15) is 18.0 Å². The van der Waals surface area contributed by atoms with Crippen molar-refractivity contribution >= 4 is 75.1 Å². The predicted octanol–water partition coefficient (Wildman–Crippen LogP) is -2.82. The normalized spacial score (nSPS) is 19.9. The van der Waals surface area contributed by atoms with E-state index in [4.69, 9.17) is 22.2 Å². The van der Waals surface area contributed by atoms with Gasteiger partial charge in [0, 0.05) is 36.0 Å². The number of halogens is 1. The molecule has 4 heterocycles. The number of ketones is 1. The molecule has 268 valence electrons. The maximum absolute atomic E-state index is 13.5. The van der Waals surface area contributed by atoms with E-state index in [1.807, 2.05) is 0 Å². The number of nitrogens with zero attached hydrogens (tertiary/aromatic N) is 4. The minimum absolute atomic E-state index is 0. The van der Waals surface area contributed by atoms with E-state index >= 15 is 0 Å². The molecule has 3 aliphatic rings. The van der Waals surface area contributed by atoms with Crippen LogP contribution < -0.4 is 50.8 Å². The van der Waals surface area contributed by atoms with Gasteiger partial charge in [-0.15, -0.1) is 23.1 Å². The van der Waals surface area contributed by atoms with Gasteiger partial charge in [0.15, 0.2) is 22.2 Å². The number of quaternary nitrogens is 1. The first kappa shape index (κ1) is 40.6. The summed E-state index contributed by atoms with van der Waals surface area (Å²) in [4.78, 5) is 74.1. The number of aliphatic carboxylic acids is 2. The Bertz CT molecular complexity index is 1810. The predicted molar refractivity (Wildman–Crippen MR) is 181 cm³/mol. The van der Waals surface area contributed by atoms with Gasteiger partial charge >= 0.3 is 29.6 Å². The number of aromatic nitrogens is 1. The number of Topliss-reactive ketones (excluding diaryl/α,β-unsaturated/α-hetero) is 1. The molecule has 0 saturated carbocycles. The van der Waals surface area contributed by atoms with E-state index in [1.165, 1.54) is 35.9 Å². The number of likely N-dealkylation sites (tertiary alicyclic amines) is 1. The van der Waals surface area contributed by atoms with Crippen molar-refractivity contribution in [2.24, 2.45) is 11.1 Å². The van der Waals surface area contributed by atoms with E-state index in [9.17, 15) is 39.3 Å². The Hall–Kier alpha value is -3.19. The molecule has 5 rings (SSSR count). The van der Waals surface area contributed by atoms with Gasteiger partial charge in [-0.3, -0.25) is 19.3 Å². The molecule has 0 aliphatic carbocycles. The third-order valence-electron chi connectivity index (χ3n) is 9.12. The number of phenols is 1. The molecule has 15 nitrogen and oxygen atoms in total. The number of carbonyl (C=O) groups excluding carboxylic acids is 5. The number of hydrogen-bond donors (Lipinski definition) is 3. The average Bonchev–Trinajstić information content (AvgIpc) is 3.71. The molecule has 4 N–H and O–H groups in total. The van der Waals surface area contributed by atoms with Crippen molar-refractivity contribution in [2.45, 2.75) is 51.0 Å². The van der Waals surface area contributed by atoms with Crippen LogP contribution in [0.2, 0.25) is 5.02 Å². The van der Waals surface area contributed by atoms with Gasteiger partial charge < -0.3 is 45.3 Å². The van der Waals surface area contributed by atoms with Crippen LogP contribution in [0.25, 0.3) is 0 Å². The summed E-state index contributed by atoms with van der Waals surface area (Å²) < 4.78 is 0.493. The van der Waals surface area contributed by atoms with Crippen LogP contribution in [0.3, 0.4) is 0 Å². The fourth-order valence-electron chi connectivity index (χ4n) is 6.27. The van der Waals surface area contributed by atoms with Crippen LogP contribution in [0.15, 0.2) is 33.9 Å². The molecule has 2 saturated heterocycles.